The molecule has 0 aliphatic rings. The first-order valence-electron chi connectivity index (χ1n) is 8.97. The van der Waals surface area contributed by atoms with Crippen LogP contribution in [0.2, 0.25) is 0 Å². The van der Waals surface area contributed by atoms with Crippen LogP contribution in [-0.4, -0.2) is 30.1 Å². The van der Waals surface area contributed by atoms with Crippen molar-refractivity contribution in [2.24, 2.45) is 0 Å². The van der Waals surface area contributed by atoms with Crippen LogP contribution in [0.4, 0.5) is 19.7 Å². The van der Waals surface area contributed by atoms with Crippen molar-refractivity contribution in [3.05, 3.63) is 68.2 Å². The molecule has 4 aromatic rings. The molecule has 3 aromatic heterocycles. The van der Waals surface area contributed by atoms with Gasteiger partial charge in [-0.3, -0.25) is 4.68 Å². The lowest BCUT2D eigenvalue weighted by atomic mass is 10.1. The van der Waals surface area contributed by atoms with Gasteiger partial charge in [0.15, 0.2) is 16.4 Å². The second-order valence-electron chi connectivity index (χ2n) is 6.96. The molecule has 0 saturated carbocycles. The van der Waals surface area contributed by atoms with Gasteiger partial charge in [-0.2, -0.15) is 5.10 Å². The second-order valence-corrected chi connectivity index (χ2v) is 8.79. The molecule has 0 saturated heterocycles. The van der Waals surface area contributed by atoms with Crippen molar-refractivity contribution in [3.63, 3.8) is 0 Å². The minimum Gasteiger partial charge on any atom is -0.376 e. The third-order valence-corrected chi connectivity index (χ3v) is 6.67. The van der Waals surface area contributed by atoms with E-state index in [1.807, 2.05) is 12.3 Å². The van der Waals surface area contributed by atoms with Gasteiger partial charge in [-0.15, -0.1) is 21.5 Å². The molecule has 0 fully saturated rings. The van der Waals surface area contributed by atoms with Gasteiger partial charge < -0.3 is 10.4 Å². The van der Waals surface area contributed by atoms with E-state index in [0.717, 1.165) is 5.69 Å². The van der Waals surface area contributed by atoms with E-state index in [1.54, 1.807) is 26.1 Å². The van der Waals surface area contributed by atoms with E-state index in [4.69, 9.17) is 0 Å². The fourth-order valence-electron chi connectivity index (χ4n) is 2.79. The third-order valence-electron chi connectivity index (χ3n) is 4.45. The van der Waals surface area contributed by atoms with Crippen LogP contribution in [-0.2, 0) is 12.1 Å². The van der Waals surface area contributed by atoms with Gasteiger partial charge in [0.1, 0.15) is 16.6 Å². The van der Waals surface area contributed by atoms with E-state index >= 15 is 0 Å². The second kappa shape index (κ2) is 7.82. The molecule has 7 nitrogen and oxygen atoms in total. The predicted molar refractivity (Wildman–Crippen MR) is 111 cm³/mol. The van der Waals surface area contributed by atoms with Crippen LogP contribution < -0.4 is 5.32 Å². The van der Waals surface area contributed by atoms with E-state index in [1.165, 1.54) is 39.5 Å². The molecular formula is C19H18F2N6OS2. The molecule has 0 aliphatic heterocycles. The van der Waals surface area contributed by atoms with Crippen LogP contribution in [0.1, 0.15) is 33.8 Å². The summed E-state index contributed by atoms with van der Waals surface area (Å²) in [6.07, 6.45) is 1.61. The highest BCUT2D eigenvalue weighted by molar-refractivity contribution is 7.15. The van der Waals surface area contributed by atoms with Gasteiger partial charge in [0.25, 0.3) is 0 Å². The standard InChI is InChI=1S/C19H18F2N6OS2/c1-10-4-5-13(20)12(15(10)21)8-27-7-6-14(26-27)23-18-25-24-17(30-18)19(3,28)16-22-11(2)9-29-16/h4-7,9,28H,8H2,1-3H3,(H,23,25,26). The van der Waals surface area contributed by atoms with E-state index in [0.29, 0.717) is 26.5 Å². The van der Waals surface area contributed by atoms with Gasteiger partial charge in [-0.1, -0.05) is 17.4 Å². The zero-order chi connectivity index (χ0) is 21.5. The number of hydrogen-bond donors (Lipinski definition) is 2. The van der Waals surface area contributed by atoms with Crippen LogP contribution in [0.25, 0.3) is 0 Å². The predicted octanol–water partition coefficient (Wildman–Crippen LogP) is 4.13. The van der Waals surface area contributed by atoms with E-state index in [9.17, 15) is 13.9 Å². The first-order chi connectivity index (χ1) is 14.2. The Morgan fingerprint density at radius 3 is 2.70 bits per heavy atom. The molecule has 0 amide bonds. The molecule has 11 heteroatoms. The first kappa shape index (κ1) is 20.5. The number of thiazole rings is 1. The number of nitrogens with zero attached hydrogens (tertiary/aromatic N) is 5. The van der Waals surface area contributed by atoms with Crippen LogP contribution in [0, 0.1) is 25.5 Å². The lowest BCUT2D eigenvalue weighted by Crippen LogP contribution is -2.22. The summed E-state index contributed by atoms with van der Waals surface area (Å²) in [5, 5.41) is 29.4. The summed E-state index contributed by atoms with van der Waals surface area (Å²) in [4.78, 5) is 4.33. The van der Waals surface area contributed by atoms with Crippen LogP contribution in [0.15, 0.2) is 29.8 Å². The third kappa shape index (κ3) is 3.95. The largest absolute Gasteiger partial charge is 0.376 e. The van der Waals surface area contributed by atoms with E-state index in [2.05, 4.69) is 25.6 Å². The average Bonchev–Trinajstić information content (AvgIpc) is 3.44. The maximum absolute atomic E-state index is 14.2. The minimum absolute atomic E-state index is 0.0412. The van der Waals surface area contributed by atoms with Gasteiger partial charge >= 0.3 is 0 Å². The zero-order valence-corrected chi connectivity index (χ0v) is 18.0. The van der Waals surface area contributed by atoms with Crippen LogP contribution in [0.3, 0.4) is 0 Å². The molecule has 3 heterocycles. The maximum atomic E-state index is 14.2. The molecule has 1 aromatic carbocycles. The Labute approximate surface area is 179 Å². The Morgan fingerprint density at radius 2 is 1.97 bits per heavy atom. The number of anilines is 2. The monoisotopic (exact) mass is 448 g/mol. The Bertz CT molecular complexity index is 1200. The number of aryl methyl sites for hydroxylation is 2. The summed E-state index contributed by atoms with van der Waals surface area (Å²) in [7, 11) is 0. The molecule has 1 atom stereocenters. The molecule has 156 valence electrons. The van der Waals surface area contributed by atoms with Crippen molar-refractivity contribution >= 4 is 33.6 Å². The SMILES string of the molecule is Cc1csc(C(C)(O)c2nnc(Nc3ccn(Cc4c(F)ccc(C)c4F)n3)s2)n1. The lowest BCUT2D eigenvalue weighted by molar-refractivity contribution is 0.101. The van der Waals surface area contributed by atoms with Gasteiger partial charge in [-0.25, -0.2) is 13.8 Å². The van der Waals surface area contributed by atoms with E-state index in [-0.39, 0.29) is 12.1 Å². The summed E-state index contributed by atoms with van der Waals surface area (Å²) in [5.74, 6) is -0.749. The lowest BCUT2D eigenvalue weighted by Gasteiger charge is -2.16. The average molecular weight is 449 g/mol. The number of nitrogens with one attached hydrogen (secondary N) is 1. The Balaban J connectivity index is 1.49. The molecule has 4 rings (SSSR count). The summed E-state index contributed by atoms with van der Waals surface area (Å²) in [6, 6.07) is 4.31. The minimum atomic E-state index is -1.35. The highest BCUT2D eigenvalue weighted by Gasteiger charge is 2.33. The fraction of sp³-hybridized carbons (Fsp3) is 0.263. The number of halogens is 2. The smallest absolute Gasteiger partial charge is 0.211 e. The topological polar surface area (TPSA) is 88.8 Å². The van der Waals surface area contributed by atoms with E-state index < -0.39 is 17.2 Å². The number of aliphatic hydroxyl groups is 1. The van der Waals surface area contributed by atoms with Crippen molar-refractivity contribution in [2.75, 3.05) is 5.32 Å². The highest BCUT2D eigenvalue weighted by atomic mass is 32.1. The molecule has 0 aliphatic carbocycles. The summed E-state index contributed by atoms with van der Waals surface area (Å²) in [6.45, 7) is 5.02. The zero-order valence-electron chi connectivity index (χ0n) is 16.3. The van der Waals surface area contributed by atoms with Crippen molar-refractivity contribution in [2.45, 2.75) is 32.9 Å². The Morgan fingerprint density at radius 1 is 1.17 bits per heavy atom. The molecule has 0 bridgehead atoms. The van der Waals surface area contributed by atoms with Crippen molar-refractivity contribution in [3.8, 4) is 0 Å². The van der Waals surface area contributed by atoms with Gasteiger partial charge in [0, 0.05) is 28.9 Å². The number of hydrogen-bond acceptors (Lipinski definition) is 8. The van der Waals surface area contributed by atoms with Crippen molar-refractivity contribution < 1.29 is 13.9 Å². The highest BCUT2D eigenvalue weighted by Crippen LogP contribution is 2.35. The van der Waals surface area contributed by atoms with Gasteiger partial charge in [-0.05, 0) is 32.4 Å². The number of rotatable bonds is 6. The first-order valence-corrected chi connectivity index (χ1v) is 10.7. The van der Waals surface area contributed by atoms with Crippen molar-refractivity contribution in [1.82, 2.24) is 25.0 Å². The Hall–Kier alpha value is -2.76. The van der Waals surface area contributed by atoms with Crippen LogP contribution >= 0.6 is 22.7 Å². The molecule has 0 spiro atoms. The summed E-state index contributed by atoms with van der Waals surface area (Å²) < 4.78 is 29.6. The number of benzene rings is 1. The fourth-order valence-corrected chi connectivity index (χ4v) is 4.51. The molecule has 2 N–H and O–H groups in total. The summed E-state index contributed by atoms with van der Waals surface area (Å²) in [5.41, 5.74) is -0.195. The molecule has 30 heavy (non-hydrogen) atoms. The maximum Gasteiger partial charge on any atom is 0.211 e. The molecule has 0 radical (unpaired) electrons. The molecular weight excluding hydrogens is 430 g/mol. The van der Waals surface area contributed by atoms with Gasteiger partial charge in [0.2, 0.25) is 5.13 Å². The van der Waals surface area contributed by atoms with Crippen LogP contribution in [0.5, 0.6) is 0 Å². The quantitative estimate of drug-likeness (QED) is 0.461. The Kier molecular flexibility index (Phi) is 5.35. The summed E-state index contributed by atoms with van der Waals surface area (Å²) >= 11 is 2.53. The number of aromatic nitrogens is 5. The van der Waals surface area contributed by atoms with Crippen molar-refractivity contribution in [1.29, 1.82) is 0 Å². The normalized spacial score (nSPS) is 13.4. The molecule has 1 unspecified atom stereocenters. The van der Waals surface area contributed by atoms with Gasteiger partial charge in [0.05, 0.1) is 6.54 Å².